The Morgan fingerprint density at radius 1 is 1.35 bits per heavy atom. The molecule has 0 spiro atoms. The molecule has 0 fully saturated rings. The van der Waals surface area contributed by atoms with Crippen LogP contribution in [0.5, 0.6) is 0 Å². The fourth-order valence-electron chi connectivity index (χ4n) is 1.61. The topological polar surface area (TPSA) is 107 Å². The first-order valence-corrected chi connectivity index (χ1v) is 6.97. The Bertz CT molecular complexity index is 693. The molecule has 0 amide bonds. The first-order valence-electron chi connectivity index (χ1n) is 5.39. The summed E-state index contributed by atoms with van der Waals surface area (Å²) in [5, 5.41) is 14.0. The Balaban J connectivity index is 2.50. The number of hydrogen-bond donors (Lipinski definition) is 2. The molecule has 1 heterocycles. The molecule has 0 unspecified atom stereocenters. The number of nitrogens with one attached hydrogen (secondary N) is 1. The molecule has 104 valence electrons. The van der Waals surface area contributed by atoms with Crippen LogP contribution in [0.1, 0.15) is 5.69 Å². The lowest BCUT2D eigenvalue weighted by Gasteiger charge is -2.10. The smallest absolute Gasteiger partial charge is 0.332 e. The summed E-state index contributed by atoms with van der Waals surface area (Å²) in [7, 11) is 0. The number of nitrogen functional groups attached to an aromatic ring is 1. The molecule has 3 N–H and O–H groups in total. The third-order valence-electron chi connectivity index (χ3n) is 2.44. The van der Waals surface area contributed by atoms with E-state index < -0.39 is 4.92 Å². The third-order valence-corrected chi connectivity index (χ3v) is 3.59. The van der Waals surface area contributed by atoms with E-state index in [-0.39, 0.29) is 23.1 Å². The molecule has 7 nitrogen and oxygen atoms in total. The molecule has 9 heteroatoms. The Morgan fingerprint density at radius 3 is 2.65 bits per heavy atom. The van der Waals surface area contributed by atoms with E-state index >= 15 is 0 Å². The standard InChI is InChI=1S/C11H9Br2N5O2/c1-5-9(18(19)20)10(17-11(14)15-5)16-8-3-2-6(12)4-7(8)13/h2-4H,1H3,(H3,14,15,16,17). The summed E-state index contributed by atoms with van der Waals surface area (Å²) < 4.78 is 1.61. The monoisotopic (exact) mass is 401 g/mol. The van der Waals surface area contributed by atoms with Crippen molar-refractivity contribution in [3.63, 3.8) is 0 Å². The quantitative estimate of drug-likeness (QED) is 0.600. The molecule has 0 atom stereocenters. The molecular formula is C11H9Br2N5O2. The van der Waals surface area contributed by atoms with Gasteiger partial charge in [0.05, 0.1) is 10.6 Å². The number of nitrogens with two attached hydrogens (primary N) is 1. The van der Waals surface area contributed by atoms with Gasteiger partial charge in [0.15, 0.2) is 0 Å². The molecule has 0 aliphatic rings. The van der Waals surface area contributed by atoms with E-state index in [1.807, 2.05) is 6.07 Å². The molecule has 0 saturated heterocycles. The van der Waals surface area contributed by atoms with Crippen LogP contribution in [-0.2, 0) is 0 Å². The maximum Gasteiger partial charge on any atom is 0.332 e. The van der Waals surface area contributed by atoms with Crippen molar-refractivity contribution in [2.24, 2.45) is 0 Å². The van der Waals surface area contributed by atoms with Crippen LogP contribution in [0.3, 0.4) is 0 Å². The van der Waals surface area contributed by atoms with E-state index in [2.05, 4.69) is 47.1 Å². The lowest BCUT2D eigenvalue weighted by atomic mass is 10.3. The van der Waals surface area contributed by atoms with E-state index in [0.29, 0.717) is 5.69 Å². The van der Waals surface area contributed by atoms with Gasteiger partial charge in [0.25, 0.3) is 0 Å². The molecule has 2 rings (SSSR count). The summed E-state index contributed by atoms with van der Waals surface area (Å²) in [6, 6.07) is 5.37. The number of halogens is 2. The highest BCUT2D eigenvalue weighted by atomic mass is 79.9. The molecule has 0 bridgehead atoms. The Morgan fingerprint density at radius 2 is 2.05 bits per heavy atom. The van der Waals surface area contributed by atoms with Gasteiger partial charge in [-0.05, 0) is 41.1 Å². The molecule has 1 aromatic heterocycles. The van der Waals surface area contributed by atoms with Gasteiger partial charge in [-0.25, -0.2) is 4.98 Å². The number of nitro groups is 1. The van der Waals surface area contributed by atoms with Crippen LogP contribution in [0.15, 0.2) is 27.1 Å². The number of hydrogen-bond acceptors (Lipinski definition) is 6. The van der Waals surface area contributed by atoms with Gasteiger partial charge in [0.2, 0.25) is 11.8 Å². The van der Waals surface area contributed by atoms with Gasteiger partial charge in [0.1, 0.15) is 5.69 Å². The summed E-state index contributed by atoms with van der Waals surface area (Å²) in [6.07, 6.45) is 0. The number of benzene rings is 1. The lowest BCUT2D eigenvalue weighted by molar-refractivity contribution is -0.385. The first-order chi connectivity index (χ1) is 9.38. The molecule has 2 aromatic rings. The van der Waals surface area contributed by atoms with Gasteiger partial charge >= 0.3 is 5.69 Å². The minimum Gasteiger partial charge on any atom is -0.368 e. The molecule has 0 saturated carbocycles. The average molecular weight is 403 g/mol. The fraction of sp³-hybridized carbons (Fsp3) is 0.0909. The van der Waals surface area contributed by atoms with Gasteiger partial charge in [0, 0.05) is 8.95 Å². The van der Waals surface area contributed by atoms with Crippen LogP contribution < -0.4 is 11.1 Å². The number of rotatable bonds is 3. The van der Waals surface area contributed by atoms with Gasteiger partial charge in [-0.3, -0.25) is 10.1 Å². The Kier molecular flexibility index (Phi) is 4.19. The third kappa shape index (κ3) is 3.05. The van der Waals surface area contributed by atoms with Crippen molar-refractivity contribution in [2.75, 3.05) is 11.1 Å². The zero-order valence-corrected chi connectivity index (χ0v) is 13.4. The number of nitrogens with zero attached hydrogens (tertiary/aromatic N) is 3. The normalized spacial score (nSPS) is 10.3. The van der Waals surface area contributed by atoms with Crippen molar-refractivity contribution in [2.45, 2.75) is 6.92 Å². The number of anilines is 3. The summed E-state index contributed by atoms with van der Waals surface area (Å²) in [5.74, 6) is 0.0341. The summed E-state index contributed by atoms with van der Waals surface area (Å²) in [4.78, 5) is 18.3. The second-order valence-corrected chi connectivity index (χ2v) is 5.64. The van der Waals surface area contributed by atoms with Crippen molar-refractivity contribution in [1.29, 1.82) is 0 Å². The van der Waals surface area contributed by atoms with Crippen LogP contribution in [0.25, 0.3) is 0 Å². The second-order valence-electron chi connectivity index (χ2n) is 3.87. The second kappa shape index (κ2) is 5.71. The Hall–Kier alpha value is -1.74. The van der Waals surface area contributed by atoms with E-state index in [9.17, 15) is 10.1 Å². The lowest BCUT2D eigenvalue weighted by Crippen LogP contribution is -2.07. The van der Waals surface area contributed by atoms with Crippen LogP contribution in [0, 0.1) is 17.0 Å². The number of aryl methyl sites for hydroxylation is 1. The van der Waals surface area contributed by atoms with Crippen LogP contribution in [-0.4, -0.2) is 14.9 Å². The predicted molar refractivity (Wildman–Crippen MR) is 83.0 cm³/mol. The molecule has 1 aromatic carbocycles. The van der Waals surface area contributed by atoms with Crippen molar-refractivity contribution in [3.8, 4) is 0 Å². The number of aromatic nitrogens is 2. The molecule has 0 aliphatic heterocycles. The minimum atomic E-state index is -0.538. The highest BCUT2D eigenvalue weighted by molar-refractivity contribution is 9.11. The first kappa shape index (κ1) is 14.7. The zero-order chi connectivity index (χ0) is 14.9. The largest absolute Gasteiger partial charge is 0.368 e. The van der Waals surface area contributed by atoms with Crippen molar-refractivity contribution in [3.05, 3.63) is 43.0 Å². The maximum absolute atomic E-state index is 11.1. The molecular weight excluding hydrogens is 394 g/mol. The molecule has 0 radical (unpaired) electrons. The van der Waals surface area contributed by atoms with Gasteiger partial charge in [-0.2, -0.15) is 4.98 Å². The summed E-state index contributed by atoms with van der Waals surface area (Å²) >= 11 is 6.70. The predicted octanol–water partition coefficient (Wildman–Crippen LogP) is 3.54. The maximum atomic E-state index is 11.1. The van der Waals surface area contributed by atoms with Gasteiger partial charge in [-0.1, -0.05) is 15.9 Å². The van der Waals surface area contributed by atoms with Crippen LogP contribution >= 0.6 is 31.9 Å². The SMILES string of the molecule is Cc1nc(N)nc(Nc2ccc(Br)cc2Br)c1[N+](=O)[O-]. The molecule has 20 heavy (non-hydrogen) atoms. The van der Waals surface area contributed by atoms with Gasteiger partial charge < -0.3 is 11.1 Å². The van der Waals surface area contributed by atoms with Crippen molar-refractivity contribution in [1.82, 2.24) is 9.97 Å². The highest BCUT2D eigenvalue weighted by Gasteiger charge is 2.22. The van der Waals surface area contributed by atoms with E-state index in [4.69, 9.17) is 5.73 Å². The van der Waals surface area contributed by atoms with Crippen molar-refractivity contribution >= 4 is 55.0 Å². The van der Waals surface area contributed by atoms with E-state index in [0.717, 1.165) is 8.95 Å². The summed E-state index contributed by atoms with van der Waals surface area (Å²) in [6.45, 7) is 1.51. The van der Waals surface area contributed by atoms with E-state index in [1.54, 1.807) is 12.1 Å². The minimum absolute atomic E-state index is 0.0242. The average Bonchev–Trinajstić information content (AvgIpc) is 2.31. The van der Waals surface area contributed by atoms with E-state index in [1.165, 1.54) is 6.92 Å². The fourth-order valence-corrected chi connectivity index (χ4v) is 2.76. The van der Waals surface area contributed by atoms with Crippen LogP contribution in [0.4, 0.5) is 23.1 Å². The van der Waals surface area contributed by atoms with Gasteiger partial charge in [-0.15, -0.1) is 0 Å². The summed E-state index contributed by atoms with van der Waals surface area (Å²) in [5.41, 5.74) is 6.18. The Labute approximate surface area is 131 Å². The van der Waals surface area contributed by atoms with Crippen molar-refractivity contribution < 1.29 is 4.92 Å². The zero-order valence-electron chi connectivity index (χ0n) is 10.2. The van der Waals surface area contributed by atoms with Crippen LogP contribution in [0.2, 0.25) is 0 Å². The molecule has 0 aliphatic carbocycles. The highest BCUT2D eigenvalue weighted by Crippen LogP contribution is 2.33.